The maximum Gasteiger partial charge on any atom is 0.410 e. The number of rotatable bonds is 1. The molecule has 24 heavy (non-hydrogen) atoms. The van der Waals surface area contributed by atoms with Crippen LogP contribution < -0.4 is 4.90 Å². The summed E-state index contributed by atoms with van der Waals surface area (Å²) in [5.74, 6) is -0.882. The summed E-state index contributed by atoms with van der Waals surface area (Å²) in [6.45, 7) is 0. The highest BCUT2D eigenvalue weighted by atomic mass is 16.5. The van der Waals surface area contributed by atoms with Crippen LogP contribution in [0.5, 0.6) is 0 Å². The highest BCUT2D eigenvalue weighted by Crippen LogP contribution is 2.51. The zero-order chi connectivity index (χ0) is 17.0. The standard InChI is InChI=1S/C17H20N2O5/c1-24-17(23)19-10-7-8-11(20)14(19)13-12(10)15(21)18(16(13)22)9-5-3-2-4-6-9/h2-8,10-16,20-22H,1H3. The molecule has 2 fully saturated rings. The number of para-hydroxylation sites is 1. The van der Waals surface area contributed by atoms with Crippen LogP contribution in [0.1, 0.15) is 0 Å². The average Bonchev–Trinajstić information content (AvgIpc) is 3.01. The molecule has 1 amide bonds. The van der Waals surface area contributed by atoms with Crippen molar-refractivity contribution < 1.29 is 24.9 Å². The second kappa shape index (κ2) is 5.47. The fourth-order valence-electron chi connectivity index (χ4n) is 4.51. The molecule has 3 aliphatic heterocycles. The molecule has 0 radical (unpaired) electrons. The van der Waals surface area contributed by atoms with Crippen LogP contribution in [0.25, 0.3) is 0 Å². The lowest BCUT2D eigenvalue weighted by Gasteiger charge is -2.39. The van der Waals surface area contributed by atoms with E-state index in [1.54, 1.807) is 17.1 Å². The first kappa shape index (κ1) is 15.4. The molecule has 0 spiro atoms. The Morgan fingerprint density at radius 2 is 1.71 bits per heavy atom. The number of benzene rings is 1. The SMILES string of the molecule is COC(=O)N1C2C=CC(O)C1C1C2C(O)N(c2ccccc2)C1O. The van der Waals surface area contributed by atoms with Crippen molar-refractivity contribution in [3.05, 3.63) is 42.5 Å². The number of anilines is 1. The van der Waals surface area contributed by atoms with Gasteiger partial charge in [0.1, 0.15) is 12.5 Å². The predicted octanol–water partition coefficient (Wildman–Crippen LogP) is 0.126. The molecule has 0 saturated carbocycles. The van der Waals surface area contributed by atoms with Crippen molar-refractivity contribution in [1.29, 1.82) is 0 Å². The number of ether oxygens (including phenoxy) is 1. The van der Waals surface area contributed by atoms with Gasteiger partial charge in [-0.3, -0.25) is 4.90 Å². The number of hydrogen-bond donors (Lipinski definition) is 3. The van der Waals surface area contributed by atoms with E-state index in [2.05, 4.69) is 0 Å². The first-order valence-corrected chi connectivity index (χ1v) is 7.98. The zero-order valence-corrected chi connectivity index (χ0v) is 13.1. The first-order chi connectivity index (χ1) is 11.6. The highest BCUT2D eigenvalue weighted by molar-refractivity contribution is 5.70. The van der Waals surface area contributed by atoms with Gasteiger partial charge in [-0.1, -0.05) is 30.4 Å². The van der Waals surface area contributed by atoms with Crippen LogP contribution >= 0.6 is 0 Å². The first-order valence-electron chi connectivity index (χ1n) is 7.98. The van der Waals surface area contributed by atoms with E-state index in [1.807, 2.05) is 30.3 Å². The number of carbonyl (C=O) groups excluding carboxylic acids is 1. The molecule has 7 atom stereocenters. The van der Waals surface area contributed by atoms with E-state index in [0.29, 0.717) is 5.69 Å². The van der Waals surface area contributed by atoms with Gasteiger partial charge < -0.3 is 25.0 Å². The monoisotopic (exact) mass is 332 g/mol. The molecule has 2 bridgehead atoms. The maximum absolute atomic E-state index is 12.2. The van der Waals surface area contributed by atoms with E-state index < -0.39 is 48.6 Å². The third-order valence-electron chi connectivity index (χ3n) is 5.43. The molecule has 128 valence electrons. The minimum atomic E-state index is -1.01. The molecule has 2 saturated heterocycles. The van der Waals surface area contributed by atoms with E-state index in [0.717, 1.165) is 0 Å². The lowest BCUT2D eigenvalue weighted by Crippen LogP contribution is -2.54. The Balaban J connectivity index is 1.74. The average molecular weight is 332 g/mol. The molecule has 1 aromatic rings. The quantitative estimate of drug-likeness (QED) is 0.633. The van der Waals surface area contributed by atoms with Crippen molar-refractivity contribution in [2.75, 3.05) is 12.0 Å². The van der Waals surface area contributed by atoms with Crippen LogP contribution in [0, 0.1) is 11.8 Å². The van der Waals surface area contributed by atoms with Crippen molar-refractivity contribution in [1.82, 2.24) is 4.90 Å². The van der Waals surface area contributed by atoms with Crippen LogP contribution in [0.2, 0.25) is 0 Å². The van der Waals surface area contributed by atoms with E-state index >= 15 is 0 Å². The fraction of sp³-hybridized carbons (Fsp3) is 0.471. The molecule has 3 aliphatic rings. The second-order valence-corrected chi connectivity index (χ2v) is 6.46. The minimum absolute atomic E-state index is 0.405. The molecule has 4 rings (SSSR count). The van der Waals surface area contributed by atoms with Crippen molar-refractivity contribution in [2.45, 2.75) is 30.6 Å². The summed E-state index contributed by atoms with van der Waals surface area (Å²) in [5, 5.41) is 32.1. The molecule has 7 heteroatoms. The highest BCUT2D eigenvalue weighted by Gasteiger charge is 2.64. The van der Waals surface area contributed by atoms with Gasteiger partial charge >= 0.3 is 6.09 Å². The summed E-state index contributed by atoms with van der Waals surface area (Å²) in [6, 6.07) is 8.10. The summed E-state index contributed by atoms with van der Waals surface area (Å²) >= 11 is 0. The Hall–Kier alpha value is -2.09. The topological polar surface area (TPSA) is 93.5 Å². The Bertz CT molecular complexity index is 666. The van der Waals surface area contributed by atoms with Gasteiger partial charge in [0.2, 0.25) is 0 Å². The maximum atomic E-state index is 12.2. The number of hydrogen-bond acceptors (Lipinski definition) is 6. The number of nitrogens with zero attached hydrogens (tertiary/aromatic N) is 2. The van der Waals surface area contributed by atoms with Crippen LogP contribution in [0.15, 0.2) is 42.5 Å². The summed E-state index contributed by atoms with van der Waals surface area (Å²) in [4.78, 5) is 15.1. The Morgan fingerprint density at radius 1 is 1.04 bits per heavy atom. The van der Waals surface area contributed by atoms with Crippen LogP contribution in [-0.4, -0.2) is 64.1 Å². The lowest BCUT2D eigenvalue weighted by atomic mass is 9.88. The third kappa shape index (κ3) is 1.92. The molecule has 7 unspecified atom stereocenters. The van der Waals surface area contributed by atoms with Crippen molar-refractivity contribution in [3.8, 4) is 0 Å². The molecule has 0 aliphatic carbocycles. The summed E-state index contributed by atoms with van der Waals surface area (Å²) in [7, 11) is 1.28. The summed E-state index contributed by atoms with van der Waals surface area (Å²) in [6.07, 6.45) is -0.109. The van der Waals surface area contributed by atoms with Gasteiger partial charge in [-0.05, 0) is 12.1 Å². The smallest absolute Gasteiger partial charge is 0.410 e. The van der Waals surface area contributed by atoms with E-state index in [9.17, 15) is 20.1 Å². The number of methoxy groups -OCH3 is 1. The zero-order valence-electron chi connectivity index (χ0n) is 13.1. The van der Waals surface area contributed by atoms with E-state index in [4.69, 9.17) is 4.74 Å². The van der Waals surface area contributed by atoms with Crippen LogP contribution in [-0.2, 0) is 4.74 Å². The van der Waals surface area contributed by atoms with Gasteiger partial charge in [-0.15, -0.1) is 0 Å². The Labute approximate surface area is 139 Å². The van der Waals surface area contributed by atoms with Crippen molar-refractivity contribution in [2.24, 2.45) is 11.8 Å². The van der Waals surface area contributed by atoms with Gasteiger partial charge in [-0.25, -0.2) is 4.79 Å². The van der Waals surface area contributed by atoms with Crippen molar-refractivity contribution >= 4 is 11.8 Å². The molecule has 3 heterocycles. The number of amides is 1. The number of aliphatic hydroxyl groups excluding tert-OH is 3. The minimum Gasteiger partial charge on any atom is -0.453 e. The molecule has 1 aromatic carbocycles. The summed E-state index contributed by atoms with van der Waals surface area (Å²) in [5.41, 5.74) is 0.702. The van der Waals surface area contributed by atoms with Crippen molar-refractivity contribution in [3.63, 3.8) is 0 Å². The molecule has 3 N–H and O–H groups in total. The van der Waals surface area contributed by atoms with E-state index in [-0.39, 0.29) is 0 Å². The number of fused-ring (bicyclic) bond motifs is 5. The molecule has 7 nitrogen and oxygen atoms in total. The Kier molecular flexibility index (Phi) is 3.52. The van der Waals surface area contributed by atoms with Gasteiger partial charge in [0, 0.05) is 17.5 Å². The van der Waals surface area contributed by atoms with Gasteiger partial charge in [0.15, 0.2) is 0 Å². The molecular formula is C17H20N2O5. The molecule has 0 aromatic heterocycles. The van der Waals surface area contributed by atoms with Gasteiger partial charge in [-0.2, -0.15) is 0 Å². The largest absolute Gasteiger partial charge is 0.453 e. The third-order valence-corrected chi connectivity index (χ3v) is 5.43. The summed E-state index contributed by atoms with van der Waals surface area (Å²) < 4.78 is 4.83. The normalized spacial score (nSPS) is 39.9. The lowest BCUT2D eigenvalue weighted by molar-refractivity contribution is 0.0215. The predicted molar refractivity (Wildman–Crippen MR) is 84.9 cm³/mol. The van der Waals surface area contributed by atoms with E-state index in [1.165, 1.54) is 12.0 Å². The Morgan fingerprint density at radius 3 is 2.38 bits per heavy atom. The number of aliphatic hydroxyl groups is 3. The van der Waals surface area contributed by atoms with Gasteiger partial charge in [0.25, 0.3) is 0 Å². The molecular weight excluding hydrogens is 312 g/mol. The second-order valence-electron chi connectivity index (χ2n) is 6.46. The fourth-order valence-corrected chi connectivity index (χ4v) is 4.51. The van der Waals surface area contributed by atoms with Crippen LogP contribution in [0.3, 0.4) is 0 Å². The number of carbonyl (C=O) groups is 1. The van der Waals surface area contributed by atoms with Gasteiger partial charge in [0.05, 0.1) is 25.3 Å². The van der Waals surface area contributed by atoms with Crippen LogP contribution in [0.4, 0.5) is 10.5 Å².